The van der Waals surface area contributed by atoms with Gasteiger partial charge in [0.1, 0.15) is 0 Å². The van der Waals surface area contributed by atoms with Crippen molar-refractivity contribution in [1.29, 1.82) is 0 Å². The van der Waals surface area contributed by atoms with Gasteiger partial charge in [0.25, 0.3) is 5.91 Å². The SMILES string of the molecule is Cc1ccc(-c2cnc(Nc3cccc(C(=O)Nc4cccc(C)c4)c3)nc2)cc1. The summed E-state index contributed by atoms with van der Waals surface area (Å²) >= 11 is 0. The molecule has 0 aliphatic carbocycles. The Morgan fingerprint density at radius 1 is 0.733 bits per heavy atom. The molecule has 30 heavy (non-hydrogen) atoms. The van der Waals surface area contributed by atoms with Crippen molar-refractivity contribution in [2.45, 2.75) is 13.8 Å². The minimum Gasteiger partial charge on any atom is -0.324 e. The first-order chi connectivity index (χ1) is 14.6. The highest BCUT2D eigenvalue weighted by atomic mass is 16.1. The Hall–Kier alpha value is -3.99. The zero-order chi connectivity index (χ0) is 20.9. The summed E-state index contributed by atoms with van der Waals surface area (Å²) in [6, 6.07) is 23.2. The molecule has 4 rings (SSSR count). The molecular weight excluding hydrogens is 372 g/mol. The molecule has 2 N–H and O–H groups in total. The molecular formula is C25H22N4O. The van der Waals surface area contributed by atoms with Gasteiger partial charge in [-0.2, -0.15) is 0 Å². The molecule has 0 atom stereocenters. The topological polar surface area (TPSA) is 66.9 Å². The average Bonchev–Trinajstić information content (AvgIpc) is 2.75. The van der Waals surface area contributed by atoms with Crippen molar-refractivity contribution >= 4 is 23.2 Å². The molecule has 0 aliphatic rings. The maximum absolute atomic E-state index is 12.6. The maximum Gasteiger partial charge on any atom is 0.255 e. The summed E-state index contributed by atoms with van der Waals surface area (Å²) in [7, 11) is 0. The van der Waals surface area contributed by atoms with E-state index >= 15 is 0 Å². The number of amides is 1. The van der Waals surface area contributed by atoms with Crippen LogP contribution in [0.5, 0.6) is 0 Å². The van der Waals surface area contributed by atoms with Gasteiger partial charge in [0, 0.05) is 34.9 Å². The number of aryl methyl sites for hydroxylation is 2. The number of anilines is 3. The van der Waals surface area contributed by atoms with Gasteiger partial charge in [0.2, 0.25) is 5.95 Å². The van der Waals surface area contributed by atoms with E-state index in [0.717, 1.165) is 28.1 Å². The first-order valence-electron chi connectivity index (χ1n) is 9.71. The van der Waals surface area contributed by atoms with E-state index in [1.165, 1.54) is 5.56 Å². The van der Waals surface area contributed by atoms with Crippen LogP contribution in [0.15, 0.2) is 85.2 Å². The number of nitrogens with one attached hydrogen (secondary N) is 2. The van der Waals surface area contributed by atoms with Crippen molar-refractivity contribution in [3.8, 4) is 11.1 Å². The Balaban J connectivity index is 1.46. The predicted octanol–water partition coefficient (Wildman–Crippen LogP) is 5.76. The molecule has 1 aromatic heterocycles. The number of benzene rings is 3. The van der Waals surface area contributed by atoms with E-state index in [9.17, 15) is 4.79 Å². The number of nitrogens with zero attached hydrogens (tertiary/aromatic N) is 2. The highest BCUT2D eigenvalue weighted by molar-refractivity contribution is 6.04. The van der Waals surface area contributed by atoms with E-state index in [-0.39, 0.29) is 5.91 Å². The van der Waals surface area contributed by atoms with Crippen LogP contribution in [0.2, 0.25) is 0 Å². The molecule has 0 bridgehead atoms. The number of hydrogen-bond donors (Lipinski definition) is 2. The van der Waals surface area contributed by atoms with Crippen LogP contribution in [-0.2, 0) is 0 Å². The van der Waals surface area contributed by atoms with Crippen LogP contribution in [0.25, 0.3) is 11.1 Å². The van der Waals surface area contributed by atoms with Crippen LogP contribution in [0.1, 0.15) is 21.5 Å². The molecule has 0 saturated carbocycles. The van der Waals surface area contributed by atoms with Crippen molar-refractivity contribution in [1.82, 2.24) is 9.97 Å². The molecule has 4 aromatic rings. The maximum atomic E-state index is 12.6. The first kappa shape index (κ1) is 19.3. The fourth-order valence-corrected chi connectivity index (χ4v) is 3.08. The second-order valence-corrected chi connectivity index (χ2v) is 7.19. The molecule has 0 fully saturated rings. The lowest BCUT2D eigenvalue weighted by Crippen LogP contribution is -2.12. The fraction of sp³-hybridized carbons (Fsp3) is 0.0800. The zero-order valence-corrected chi connectivity index (χ0v) is 16.9. The van der Waals surface area contributed by atoms with E-state index < -0.39 is 0 Å². The summed E-state index contributed by atoms with van der Waals surface area (Å²) in [6.45, 7) is 4.05. The van der Waals surface area contributed by atoms with Gasteiger partial charge in [0.15, 0.2) is 0 Å². The van der Waals surface area contributed by atoms with Gasteiger partial charge in [-0.25, -0.2) is 9.97 Å². The highest BCUT2D eigenvalue weighted by Gasteiger charge is 2.08. The van der Waals surface area contributed by atoms with Crippen LogP contribution in [-0.4, -0.2) is 15.9 Å². The summed E-state index contributed by atoms with van der Waals surface area (Å²) < 4.78 is 0. The minimum atomic E-state index is -0.167. The number of carbonyl (C=O) groups excluding carboxylic acids is 1. The fourth-order valence-electron chi connectivity index (χ4n) is 3.08. The van der Waals surface area contributed by atoms with Gasteiger partial charge >= 0.3 is 0 Å². The Bertz CT molecular complexity index is 1170. The van der Waals surface area contributed by atoms with Gasteiger partial charge in [-0.1, -0.05) is 48.0 Å². The summed E-state index contributed by atoms with van der Waals surface area (Å²) in [5.74, 6) is 0.307. The number of hydrogen-bond acceptors (Lipinski definition) is 4. The van der Waals surface area contributed by atoms with Crippen LogP contribution in [0.3, 0.4) is 0 Å². The quantitative estimate of drug-likeness (QED) is 0.452. The molecule has 1 heterocycles. The Kier molecular flexibility index (Phi) is 5.52. The van der Waals surface area contributed by atoms with E-state index in [4.69, 9.17) is 0 Å². The highest BCUT2D eigenvalue weighted by Crippen LogP contribution is 2.21. The van der Waals surface area contributed by atoms with Gasteiger partial charge in [0.05, 0.1) is 0 Å². The molecule has 0 saturated heterocycles. The van der Waals surface area contributed by atoms with E-state index in [2.05, 4.69) is 51.8 Å². The second kappa shape index (κ2) is 8.57. The normalized spacial score (nSPS) is 10.5. The second-order valence-electron chi connectivity index (χ2n) is 7.19. The average molecular weight is 394 g/mol. The third-order valence-corrected chi connectivity index (χ3v) is 4.69. The van der Waals surface area contributed by atoms with Crippen molar-refractivity contribution in [3.63, 3.8) is 0 Å². The number of aromatic nitrogens is 2. The monoisotopic (exact) mass is 394 g/mol. The van der Waals surface area contributed by atoms with Gasteiger partial charge in [-0.05, 0) is 55.3 Å². The van der Waals surface area contributed by atoms with Crippen molar-refractivity contribution in [3.05, 3.63) is 102 Å². The summed E-state index contributed by atoms with van der Waals surface area (Å²) in [5, 5.41) is 6.08. The van der Waals surface area contributed by atoms with Crippen LogP contribution >= 0.6 is 0 Å². The van der Waals surface area contributed by atoms with Crippen LogP contribution in [0, 0.1) is 13.8 Å². The van der Waals surface area contributed by atoms with Crippen molar-refractivity contribution < 1.29 is 4.79 Å². The summed E-state index contributed by atoms with van der Waals surface area (Å²) in [4.78, 5) is 21.4. The molecule has 0 aliphatic heterocycles. The first-order valence-corrected chi connectivity index (χ1v) is 9.71. The lowest BCUT2D eigenvalue weighted by Gasteiger charge is -2.09. The van der Waals surface area contributed by atoms with Crippen molar-refractivity contribution in [2.75, 3.05) is 10.6 Å². The third kappa shape index (κ3) is 4.70. The lowest BCUT2D eigenvalue weighted by molar-refractivity contribution is 0.102. The van der Waals surface area contributed by atoms with E-state index in [1.807, 2.05) is 43.3 Å². The Labute approximate surface area is 175 Å². The number of carbonyl (C=O) groups is 1. The number of rotatable bonds is 5. The molecule has 0 unspecified atom stereocenters. The van der Waals surface area contributed by atoms with Crippen molar-refractivity contribution in [2.24, 2.45) is 0 Å². The molecule has 5 heteroatoms. The lowest BCUT2D eigenvalue weighted by atomic mass is 10.1. The largest absolute Gasteiger partial charge is 0.324 e. The minimum absolute atomic E-state index is 0.167. The predicted molar refractivity (Wildman–Crippen MR) is 121 cm³/mol. The van der Waals surface area contributed by atoms with Gasteiger partial charge in [-0.15, -0.1) is 0 Å². The van der Waals surface area contributed by atoms with Gasteiger partial charge < -0.3 is 10.6 Å². The molecule has 0 radical (unpaired) electrons. The molecule has 148 valence electrons. The van der Waals surface area contributed by atoms with E-state index in [0.29, 0.717) is 11.5 Å². The molecule has 5 nitrogen and oxygen atoms in total. The smallest absolute Gasteiger partial charge is 0.255 e. The molecule has 3 aromatic carbocycles. The summed E-state index contributed by atoms with van der Waals surface area (Å²) in [6.07, 6.45) is 3.57. The third-order valence-electron chi connectivity index (χ3n) is 4.69. The Morgan fingerprint density at radius 2 is 1.43 bits per heavy atom. The molecule has 0 spiro atoms. The Morgan fingerprint density at radius 3 is 2.17 bits per heavy atom. The van der Waals surface area contributed by atoms with Crippen LogP contribution in [0.4, 0.5) is 17.3 Å². The van der Waals surface area contributed by atoms with Gasteiger partial charge in [-0.3, -0.25) is 4.79 Å². The molecule has 1 amide bonds. The van der Waals surface area contributed by atoms with E-state index in [1.54, 1.807) is 24.5 Å². The standard InChI is InChI=1S/C25H22N4O/c1-17-9-11-19(12-10-17)21-15-26-25(27-16-21)29-23-8-4-6-20(14-23)24(30)28-22-7-3-5-18(2)13-22/h3-16H,1-2H3,(H,28,30)(H,26,27,29). The van der Waals surface area contributed by atoms with Crippen LogP contribution < -0.4 is 10.6 Å². The zero-order valence-electron chi connectivity index (χ0n) is 16.9. The summed E-state index contributed by atoms with van der Waals surface area (Å²) in [5.41, 5.74) is 6.40.